The maximum atomic E-state index is 13.2. The molecule has 0 saturated heterocycles. The normalized spacial score (nSPS) is 15.4. The molecule has 1 unspecified atom stereocenters. The van der Waals surface area contributed by atoms with Gasteiger partial charge in [0.1, 0.15) is 0 Å². The summed E-state index contributed by atoms with van der Waals surface area (Å²) in [5, 5.41) is 12.4. The first-order valence-corrected chi connectivity index (χ1v) is 10.8. The summed E-state index contributed by atoms with van der Waals surface area (Å²) in [5.74, 6) is -1.97. The van der Waals surface area contributed by atoms with Gasteiger partial charge in [-0.05, 0) is 43.7 Å². The number of hydrogen-bond donors (Lipinski definition) is 1. The predicted octanol–water partition coefficient (Wildman–Crippen LogP) is 3.21. The number of nitriles is 1. The number of allylic oxidation sites excluding steroid dienone is 2. The molecule has 2 aromatic rings. The van der Waals surface area contributed by atoms with Crippen molar-refractivity contribution in [3.8, 4) is 6.07 Å². The molecule has 0 saturated carbocycles. The molecule has 1 aliphatic rings. The quantitative estimate of drug-likeness (QED) is 0.628. The molecule has 34 heavy (non-hydrogen) atoms. The van der Waals surface area contributed by atoms with E-state index in [1.165, 1.54) is 13.3 Å². The summed E-state index contributed by atoms with van der Waals surface area (Å²) >= 11 is 0. The van der Waals surface area contributed by atoms with Crippen molar-refractivity contribution in [2.45, 2.75) is 26.2 Å². The first kappa shape index (κ1) is 24.5. The SMILES string of the molecule is COC(=O)C1=C(C)NC(C)=C(C(=O)OCCc2ccc(N(C)C)cc2)C1c1cc(C#N)ccn1. The maximum absolute atomic E-state index is 13.2. The molecule has 8 heteroatoms. The van der Waals surface area contributed by atoms with Crippen molar-refractivity contribution in [1.82, 2.24) is 10.3 Å². The first-order valence-electron chi connectivity index (χ1n) is 10.8. The molecule has 3 rings (SSSR count). The third-order valence-corrected chi connectivity index (χ3v) is 5.67. The van der Waals surface area contributed by atoms with E-state index in [-0.39, 0.29) is 17.8 Å². The van der Waals surface area contributed by atoms with Gasteiger partial charge in [-0.2, -0.15) is 5.26 Å². The van der Waals surface area contributed by atoms with Crippen LogP contribution in [0.2, 0.25) is 0 Å². The molecule has 1 aliphatic heterocycles. The number of aromatic nitrogens is 1. The lowest BCUT2D eigenvalue weighted by molar-refractivity contribution is -0.139. The maximum Gasteiger partial charge on any atom is 0.336 e. The van der Waals surface area contributed by atoms with Crippen LogP contribution in [0.5, 0.6) is 0 Å². The van der Waals surface area contributed by atoms with Gasteiger partial charge in [-0.15, -0.1) is 0 Å². The summed E-state index contributed by atoms with van der Waals surface area (Å²) in [6.45, 7) is 3.65. The number of ether oxygens (including phenoxy) is 2. The Bertz CT molecular complexity index is 1190. The zero-order valence-corrected chi connectivity index (χ0v) is 20.0. The van der Waals surface area contributed by atoms with E-state index in [0.29, 0.717) is 29.1 Å². The Morgan fingerprint density at radius 1 is 1.09 bits per heavy atom. The van der Waals surface area contributed by atoms with Gasteiger partial charge in [0.2, 0.25) is 0 Å². The molecular weight excluding hydrogens is 432 g/mol. The van der Waals surface area contributed by atoms with Crippen LogP contribution in [0.15, 0.2) is 65.1 Å². The molecule has 0 fully saturated rings. The molecule has 1 N–H and O–H groups in total. The molecule has 1 aromatic heterocycles. The molecule has 0 spiro atoms. The number of rotatable bonds is 7. The number of dihydropyridines is 1. The monoisotopic (exact) mass is 460 g/mol. The minimum absolute atomic E-state index is 0.172. The Balaban J connectivity index is 1.87. The average molecular weight is 461 g/mol. The molecule has 0 bridgehead atoms. The summed E-state index contributed by atoms with van der Waals surface area (Å²) in [5.41, 5.74) is 4.51. The lowest BCUT2D eigenvalue weighted by atomic mass is 9.82. The van der Waals surface area contributed by atoms with Gasteiger partial charge in [0, 0.05) is 43.8 Å². The van der Waals surface area contributed by atoms with Gasteiger partial charge in [0.15, 0.2) is 0 Å². The first-order chi connectivity index (χ1) is 16.3. The molecule has 0 radical (unpaired) electrons. The second-order valence-electron chi connectivity index (χ2n) is 8.15. The van der Waals surface area contributed by atoms with Gasteiger partial charge in [-0.3, -0.25) is 4.98 Å². The molecule has 1 atom stereocenters. The van der Waals surface area contributed by atoms with Gasteiger partial charge in [0.05, 0.1) is 48.1 Å². The Hall–Kier alpha value is -4.12. The summed E-state index contributed by atoms with van der Waals surface area (Å²) in [4.78, 5) is 32.3. The number of benzene rings is 1. The second-order valence-corrected chi connectivity index (χ2v) is 8.15. The van der Waals surface area contributed by atoms with Crippen LogP contribution in [-0.4, -0.2) is 44.7 Å². The summed E-state index contributed by atoms with van der Waals surface area (Å²) in [6, 6.07) is 13.2. The van der Waals surface area contributed by atoms with Crippen molar-refractivity contribution in [3.63, 3.8) is 0 Å². The van der Waals surface area contributed by atoms with E-state index in [1.54, 1.807) is 26.0 Å². The topological polar surface area (TPSA) is 105 Å². The van der Waals surface area contributed by atoms with E-state index in [1.807, 2.05) is 43.3 Å². The molecule has 2 heterocycles. The van der Waals surface area contributed by atoms with Crippen molar-refractivity contribution >= 4 is 17.6 Å². The Labute approximate surface area is 199 Å². The van der Waals surface area contributed by atoms with E-state index < -0.39 is 17.9 Å². The summed E-state index contributed by atoms with van der Waals surface area (Å²) in [6.07, 6.45) is 2.03. The molecule has 8 nitrogen and oxygen atoms in total. The van der Waals surface area contributed by atoms with Crippen LogP contribution in [0.25, 0.3) is 0 Å². The highest BCUT2D eigenvalue weighted by molar-refractivity contribution is 5.99. The van der Waals surface area contributed by atoms with Gasteiger partial charge in [-0.25, -0.2) is 9.59 Å². The highest BCUT2D eigenvalue weighted by Crippen LogP contribution is 2.38. The number of carbonyl (C=O) groups excluding carboxylic acids is 2. The lowest BCUT2D eigenvalue weighted by Crippen LogP contribution is -2.32. The van der Waals surface area contributed by atoms with Crippen LogP contribution in [0, 0.1) is 11.3 Å². The Morgan fingerprint density at radius 2 is 1.74 bits per heavy atom. The Kier molecular flexibility index (Phi) is 7.69. The summed E-state index contributed by atoms with van der Waals surface area (Å²) in [7, 11) is 5.23. The number of nitrogens with zero attached hydrogens (tertiary/aromatic N) is 3. The third-order valence-electron chi connectivity index (χ3n) is 5.67. The minimum Gasteiger partial charge on any atom is -0.466 e. The van der Waals surface area contributed by atoms with E-state index in [0.717, 1.165) is 11.3 Å². The van der Waals surface area contributed by atoms with Crippen LogP contribution in [0.3, 0.4) is 0 Å². The molecule has 0 aliphatic carbocycles. The van der Waals surface area contributed by atoms with E-state index in [4.69, 9.17) is 9.47 Å². The number of carbonyl (C=O) groups is 2. The van der Waals surface area contributed by atoms with Crippen LogP contribution in [-0.2, 0) is 25.5 Å². The van der Waals surface area contributed by atoms with E-state index in [9.17, 15) is 14.9 Å². The lowest BCUT2D eigenvalue weighted by Gasteiger charge is -2.29. The van der Waals surface area contributed by atoms with Crippen molar-refractivity contribution in [1.29, 1.82) is 5.26 Å². The predicted molar refractivity (Wildman–Crippen MR) is 128 cm³/mol. The molecule has 0 amide bonds. The fourth-order valence-corrected chi connectivity index (χ4v) is 3.92. The zero-order valence-electron chi connectivity index (χ0n) is 20.0. The molecular formula is C26H28N4O4. The number of methoxy groups -OCH3 is 1. The third kappa shape index (κ3) is 5.26. The number of hydrogen-bond acceptors (Lipinski definition) is 8. The van der Waals surface area contributed by atoms with Crippen molar-refractivity contribution in [2.24, 2.45) is 0 Å². The minimum atomic E-state index is -0.825. The van der Waals surface area contributed by atoms with Crippen LogP contribution < -0.4 is 10.2 Å². The standard InChI is InChI=1S/C26H28N4O4/c1-16-22(25(31)33-5)24(21-14-19(15-27)10-12-28-21)23(17(2)29-16)26(32)34-13-11-18-6-8-20(9-7-18)30(3)4/h6-10,12,14,24,29H,11,13H2,1-5H3. The van der Waals surface area contributed by atoms with Crippen molar-refractivity contribution in [3.05, 3.63) is 82.0 Å². The molecule has 1 aromatic carbocycles. The fraction of sp³-hybridized carbons (Fsp3) is 0.308. The van der Waals surface area contributed by atoms with E-state index in [2.05, 4.69) is 16.4 Å². The molecule has 176 valence electrons. The van der Waals surface area contributed by atoms with Gasteiger partial charge in [0.25, 0.3) is 0 Å². The van der Waals surface area contributed by atoms with Gasteiger partial charge < -0.3 is 19.7 Å². The Morgan fingerprint density at radius 3 is 2.32 bits per heavy atom. The van der Waals surface area contributed by atoms with Crippen LogP contribution in [0.1, 0.15) is 36.6 Å². The van der Waals surface area contributed by atoms with E-state index >= 15 is 0 Å². The number of pyridine rings is 1. The summed E-state index contributed by atoms with van der Waals surface area (Å²) < 4.78 is 10.6. The highest BCUT2D eigenvalue weighted by atomic mass is 16.5. The van der Waals surface area contributed by atoms with Crippen molar-refractivity contribution < 1.29 is 19.1 Å². The fourth-order valence-electron chi connectivity index (χ4n) is 3.92. The highest BCUT2D eigenvalue weighted by Gasteiger charge is 2.38. The largest absolute Gasteiger partial charge is 0.466 e. The smallest absolute Gasteiger partial charge is 0.336 e. The van der Waals surface area contributed by atoms with Crippen LogP contribution in [0.4, 0.5) is 5.69 Å². The van der Waals surface area contributed by atoms with Gasteiger partial charge >= 0.3 is 11.9 Å². The average Bonchev–Trinajstić information content (AvgIpc) is 2.83. The zero-order chi connectivity index (χ0) is 24.8. The second kappa shape index (κ2) is 10.7. The number of esters is 2. The van der Waals surface area contributed by atoms with Gasteiger partial charge in [-0.1, -0.05) is 12.1 Å². The number of anilines is 1. The number of nitrogens with one attached hydrogen (secondary N) is 1. The van der Waals surface area contributed by atoms with Crippen molar-refractivity contribution in [2.75, 3.05) is 32.7 Å². The van der Waals surface area contributed by atoms with Crippen LogP contribution >= 0.6 is 0 Å².